The minimum Gasteiger partial charge on any atom is -0.486 e. The van der Waals surface area contributed by atoms with Gasteiger partial charge < -0.3 is 29.6 Å². The molecule has 0 spiro atoms. The van der Waals surface area contributed by atoms with E-state index < -0.39 is 0 Å². The molecule has 2 aliphatic heterocycles. The lowest BCUT2D eigenvalue weighted by Crippen LogP contribution is -2.46. The second-order valence-corrected chi connectivity index (χ2v) is 8.73. The van der Waals surface area contributed by atoms with Crippen molar-refractivity contribution in [2.45, 2.75) is 63.8 Å². The highest BCUT2D eigenvalue weighted by Crippen LogP contribution is 2.32. The molecular formula is C26H36N2O4. The van der Waals surface area contributed by atoms with Crippen molar-refractivity contribution >= 4 is 0 Å². The van der Waals surface area contributed by atoms with E-state index >= 15 is 0 Å². The Hall–Kier alpha value is -2.44. The summed E-state index contributed by atoms with van der Waals surface area (Å²) in [7, 11) is 0. The average Bonchev–Trinajstić information content (AvgIpc) is 2.84. The van der Waals surface area contributed by atoms with E-state index in [1.807, 2.05) is 48.5 Å². The van der Waals surface area contributed by atoms with Crippen molar-refractivity contribution in [3.05, 3.63) is 48.5 Å². The first-order valence-electron chi connectivity index (χ1n) is 11.9. The molecule has 0 bridgehead atoms. The van der Waals surface area contributed by atoms with Crippen molar-refractivity contribution in [2.24, 2.45) is 0 Å². The predicted octanol–water partition coefficient (Wildman–Crippen LogP) is 4.18. The van der Waals surface area contributed by atoms with Crippen molar-refractivity contribution < 1.29 is 18.9 Å². The van der Waals surface area contributed by atoms with Crippen LogP contribution in [0.25, 0.3) is 0 Å². The van der Waals surface area contributed by atoms with E-state index in [2.05, 4.69) is 24.5 Å². The minimum atomic E-state index is 0.0496. The third kappa shape index (κ3) is 6.08. The lowest BCUT2D eigenvalue weighted by atomic mass is 10.1. The van der Waals surface area contributed by atoms with Gasteiger partial charge in [-0.1, -0.05) is 37.1 Å². The fourth-order valence-electron chi connectivity index (χ4n) is 4.09. The molecule has 0 radical (unpaired) electrons. The number of rotatable bonds is 11. The van der Waals surface area contributed by atoms with Crippen molar-refractivity contribution in [1.82, 2.24) is 10.6 Å². The molecule has 0 aromatic heterocycles. The standard InChI is InChI=1S/C26H36N2O4/c1-19(25-17-29-21-11-5-7-13-23(21)31-25)27-15-9-3-4-10-16-28-20(2)26-18-30-22-12-6-8-14-24(22)32-26/h5-8,11-14,19-20,25-28H,3-4,9-10,15-18H2,1-2H3/t19-,20+,25-,26+. The van der Waals surface area contributed by atoms with Gasteiger partial charge in [0, 0.05) is 12.1 Å². The summed E-state index contributed by atoms with van der Waals surface area (Å²) >= 11 is 0. The van der Waals surface area contributed by atoms with Crippen LogP contribution in [-0.2, 0) is 0 Å². The van der Waals surface area contributed by atoms with Gasteiger partial charge in [0.15, 0.2) is 23.0 Å². The van der Waals surface area contributed by atoms with E-state index in [1.54, 1.807) is 0 Å². The van der Waals surface area contributed by atoms with Gasteiger partial charge >= 0.3 is 0 Å². The smallest absolute Gasteiger partial charge is 0.161 e. The zero-order valence-corrected chi connectivity index (χ0v) is 19.2. The summed E-state index contributed by atoms with van der Waals surface area (Å²) < 4.78 is 23.8. The van der Waals surface area contributed by atoms with Gasteiger partial charge in [0.25, 0.3) is 0 Å². The predicted molar refractivity (Wildman–Crippen MR) is 126 cm³/mol. The molecule has 6 nitrogen and oxygen atoms in total. The third-order valence-corrected chi connectivity index (χ3v) is 6.21. The fourth-order valence-corrected chi connectivity index (χ4v) is 4.09. The molecule has 2 aromatic rings. The molecule has 0 amide bonds. The number of nitrogens with one attached hydrogen (secondary N) is 2. The summed E-state index contributed by atoms with van der Waals surface area (Å²) in [6.07, 6.45) is 4.87. The Labute approximate surface area is 191 Å². The van der Waals surface area contributed by atoms with Crippen molar-refractivity contribution in [3.63, 3.8) is 0 Å². The Bertz CT molecular complexity index is 777. The second-order valence-electron chi connectivity index (χ2n) is 8.73. The van der Waals surface area contributed by atoms with Gasteiger partial charge in [0.1, 0.15) is 25.4 Å². The van der Waals surface area contributed by atoms with Crippen LogP contribution in [-0.4, -0.2) is 50.6 Å². The molecule has 4 rings (SSSR count). The number of unbranched alkanes of at least 4 members (excludes halogenated alkanes) is 3. The van der Waals surface area contributed by atoms with Crippen LogP contribution in [0.5, 0.6) is 23.0 Å². The molecule has 32 heavy (non-hydrogen) atoms. The lowest BCUT2D eigenvalue weighted by Gasteiger charge is -2.31. The van der Waals surface area contributed by atoms with Crippen LogP contribution >= 0.6 is 0 Å². The van der Waals surface area contributed by atoms with Gasteiger partial charge in [0.2, 0.25) is 0 Å². The monoisotopic (exact) mass is 440 g/mol. The number of hydrogen-bond donors (Lipinski definition) is 2. The van der Waals surface area contributed by atoms with E-state index in [0.717, 1.165) is 36.1 Å². The second kappa shape index (κ2) is 11.4. The van der Waals surface area contributed by atoms with Crippen LogP contribution in [0.2, 0.25) is 0 Å². The van der Waals surface area contributed by atoms with Crippen molar-refractivity contribution in [2.75, 3.05) is 26.3 Å². The summed E-state index contributed by atoms with van der Waals surface area (Å²) in [5, 5.41) is 7.18. The summed E-state index contributed by atoms with van der Waals surface area (Å²) in [4.78, 5) is 0. The van der Waals surface area contributed by atoms with Crippen LogP contribution in [0.15, 0.2) is 48.5 Å². The van der Waals surface area contributed by atoms with Crippen LogP contribution < -0.4 is 29.6 Å². The molecule has 0 fully saturated rings. The number of para-hydroxylation sites is 4. The minimum absolute atomic E-state index is 0.0496. The van der Waals surface area contributed by atoms with Crippen molar-refractivity contribution in [1.29, 1.82) is 0 Å². The van der Waals surface area contributed by atoms with Crippen molar-refractivity contribution in [3.8, 4) is 23.0 Å². The molecule has 174 valence electrons. The molecule has 2 heterocycles. The molecule has 0 aliphatic carbocycles. The maximum absolute atomic E-state index is 6.08. The summed E-state index contributed by atoms with van der Waals surface area (Å²) in [5.41, 5.74) is 0. The van der Waals surface area contributed by atoms with E-state index in [1.165, 1.54) is 25.7 Å². The summed E-state index contributed by atoms with van der Waals surface area (Å²) in [6, 6.07) is 16.3. The Morgan fingerprint density at radius 3 is 1.50 bits per heavy atom. The number of fused-ring (bicyclic) bond motifs is 2. The maximum Gasteiger partial charge on any atom is 0.161 e. The lowest BCUT2D eigenvalue weighted by molar-refractivity contribution is 0.0664. The quantitative estimate of drug-likeness (QED) is 0.511. The van der Waals surface area contributed by atoms with Gasteiger partial charge in [-0.25, -0.2) is 0 Å². The first-order valence-corrected chi connectivity index (χ1v) is 11.9. The molecule has 0 saturated carbocycles. The number of benzene rings is 2. The molecule has 4 atom stereocenters. The molecule has 2 aliphatic rings. The molecular weight excluding hydrogens is 404 g/mol. The summed E-state index contributed by atoms with van der Waals surface area (Å²) in [5.74, 6) is 3.36. The normalized spacial score (nSPS) is 21.1. The van der Waals surface area contributed by atoms with E-state index in [-0.39, 0.29) is 24.3 Å². The first-order chi connectivity index (χ1) is 15.7. The van der Waals surface area contributed by atoms with Gasteiger partial charge in [-0.05, 0) is 64.0 Å². The van der Waals surface area contributed by atoms with Crippen LogP contribution in [0.1, 0.15) is 39.5 Å². The molecule has 2 N–H and O–H groups in total. The Morgan fingerprint density at radius 2 is 1.06 bits per heavy atom. The molecule has 6 heteroatoms. The number of ether oxygens (including phenoxy) is 4. The van der Waals surface area contributed by atoms with Gasteiger partial charge in [-0.15, -0.1) is 0 Å². The molecule has 0 saturated heterocycles. The van der Waals surface area contributed by atoms with Crippen LogP contribution in [0.4, 0.5) is 0 Å². The Kier molecular flexibility index (Phi) is 8.13. The van der Waals surface area contributed by atoms with E-state index in [0.29, 0.717) is 13.2 Å². The highest BCUT2D eigenvalue weighted by Gasteiger charge is 2.26. The Balaban J connectivity index is 1.03. The van der Waals surface area contributed by atoms with Crippen LogP contribution in [0, 0.1) is 0 Å². The van der Waals surface area contributed by atoms with Gasteiger partial charge in [-0.3, -0.25) is 0 Å². The van der Waals surface area contributed by atoms with Gasteiger partial charge in [0.05, 0.1) is 0 Å². The number of hydrogen-bond acceptors (Lipinski definition) is 6. The van der Waals surface area contributed by atoms with E-state index in [9.17, 15) is 0 Å². The largest absolute Gasteiger partial charge is 0.486 e. The fraction of sp³-hybridized carbons (Fsp3) is 0.538. The summed E-state index contributed by atoms with van der Waals surface area (Å²) in [6.45, 7) is 7.52. The van der Waals surface area contributed by atoms with Gasteiger partial charge in [-0.2, -0.15) is 0 Å². The third-order valence-electron chi connectivity index (χ3n) is 6.21. The van der Waals surface area contributed by atoms with E-state index in [4.69, 9.17) is 18.9 Å². The molecule has 2 aromatic carbocycles. The zero-order valence-electron chi connectivity index (χ0n) is 19.2. The highest BCUT2D eigenvalue weighted by molar-refractivity contribution is 5.41. The first kappa shape index (κ1) is 22.7. The average molecular weight is 441 g/mol. The molecule has 0 unspecified atom stereocenters. The highest BCUT2D eigenvalue weighted by atomic mass is 16.6. The zero-order chi connectivity index (χ0) is 22.2. The SMILES string of the molecule is C[C@H](NCCCCCCN[C@H](C)[C@H]1COc2ccccc2O1)[C@@H]1COc2ccccc2O1. The Morgan fingerprint density at radius 1 is 0.656 bits per heavy atom. The van der Waals surface area contributed by atoms with Crippen LogP contribution in [0.3, 0.4) is 0 Å². The topological polar surface area (TPSA) is 61.0 Å². The maximum atomic E-state index is 6.08.